The van der Waals surface area contributed by atoms with Crippen LogP contribution >= 0.6 is 94.4 Å². The summed E-state index contributed by atoms with van der Waals surface area (Å²) in [5, 5.41) is 76.8. The van der Waals surface area contributed by atoms with Crippen LogP contribution in [-0.2, 0) is 50.7 Å². The number of ether oxygens (including phenoxy) is 5. The maximum Gasteiger partial charge on any atom is 0.342 e. The molecular formula is C76H85Cl3N20O17S5. The third-order valence-corrected chi connectivity index (χ3v) is 18.6. The maximum atomic E-state index is 11.3. The molecule has 0 spiro atoms. The molecule has 0 bridgehead atoms. The average Bonchev–Trinajstić information content (AvgIpc) is 0.856. The van der Waals surface area contributed by atoms with Gasteiger partial charge in [-0.3, -0.25) is 45.3 Å². The summed E-state index contributed by atoms with van der Waals surface area (Å²) in [6.45, 7) is 3.63. The van der Waals surface area contributed by atoms with Crippen molar-refractivity contribution in [3.63, 3.8) is 0 Å². The molecule has 121 heavy (non-hydrogen) atoms. The number of nitro groups is 4. The first-order valence-corrected chi connectivity index (χ1v) is 41.6. The Morgan fingerprint density at radius 2 is 0.810 bits per heavy atom. The van der Waals surface area contributed by atoms with Gasteiger partial charge >= 0.3 is 5.97 Å². The molecule has 10 N–H and O–H groups in total. The highest BCUT2D eigenvalue weighted by molar-refractivity contribution is 7.99. The number of thioether (sulfide) groups is 5. The molecule has 0 aliphatic carbocycles. The van der Waals surface area contributed by atoms with E-state index in [0.29, 0.717) is 139 Å². The van der Waals surface area contributed by atoms with Gasteiger partial charge in [0.15, 0.2) is 32.1 Å². The van der Waals surface area contributed by atoms with Gasteiger partial charge in [-0.25, -0.2) is 54.6 Å². The van der Waals surface area contributed by atoms with Gasteiger partial charge in [-0.2, -0.15) is 0 Å². The van der Waals surface area contributed by atoms with Gasteiger partial charge < -0.3 is 66.6 Å². The third kappa shape index (κ3) is 35.2. The summed E-state index contributed by atoms with van der Waals surface area (Å²) >= 11 is 18.4. The van der Waals surface area contributed by atoms with Crippen molar-refractivity contribution in [3.8, 4) is 23.0 Å². The molecule has 0 fully saturated rings. The predicted molar refractivity (Wildman–Crippen MR) is 473 cm³/mol. The summed E-state index contributed by atoms with van der Waals surface area (Å²) in [4.78, 5) is 104. The van der Waals surface area contributed by atoms with Crippen LogP contribution < -0.4 is 51.7 Å². The topological polar surface area (TPSA) is 522 Å². The Morgan fingerprint density at radius 3 is 1.18 bits per heavy atom. The molecule has 0 saturated heterocycles. The maximum absolute atomic E-state index is 11.3. The predicted octanol–water partition coefficient (Wildman–Crippen LogP) is 15.2. The number of aliphatic hydroxyl groups is 2. The zero-order chi connectivity index (χ0) is 88.1. The minimum Gasteiger partial charge on any atom is -0.497 e. The smallest absolute Gasteiger partial charge is 0.342 e. The first-order chi connectivity index (χ1) is 57.7. The van der Waals surface area contributed by atoms with Crippen molar-refractivity contribution < 1.29 is 63.2 Å². The minimum atomic E-state index is -0.495. The summed E-state index contributed by atoms with van der Waals surface area (Å²) in [5.41, 5.74) is 18.1. The number of aldehydes is 1. The third-order valence-electron chi connectivity index (χ3n) is 15.2. The van der Waals surface area contributed by atoms with Crippen LogP contribution in [0.25, 0.3) is 0 Å². The molecule has 0 aliphatic rings. The number of nitrogens with two attached hydrogens (primary N) is 2. The molecule has 642 valence electrons. The van der Waals surface area contributed by atoms with Gasteiger partial charge in [-0.15, -0.1) is 12.4 Å². The summed E-state index contributed by atoms with van der Waals surface area (Å²) < 4.78 is 25.3. The van der Waals surface area contributed by atoms with Gasteiger partial charge in [0.05, 0.1) is 73.5 Å². The second kappa shape index (κ2) is 55.1. The van der Waals surface area contributed by atoms with Crippen LogP contribution in [0.4, 0.5) is 51.6 Å². The number of anilines is 5. The van der Waals surface area contributed by atoms with E-state index in [0.717, 1.165) is 33.5 Å². The lowest BCUT2D eigenvalue weighted by Gasteiger charge is -2.14. The molecule has 37 nitrogen and oxygen atoms in total. The van der Waals surface area contributed by atoms with Crippen molar-refractivity contribution in [2.45, 2.75) is 78.6 Å². The van der Waals surface area contributed by atoms with Crippen LogP contribution in [0.1, 0.15) is 66.6 Å². The van der Waals surface area contributed by atoms with Crippen molar-refractivity contribution in [2.24, 2.45) is 5.73 Å². The van der Waals surface area contributed by atoms with E-state index >= 15 is 0 Å². The zero-order valence-corrected chi connectivity index (χ0v) is 72.9. The van der Waals surface area contributed by atoms with E-state index in [1.165, 1.54) is 120 Å². The van der Waals surface area contributed by atoms with Gasteiger partial charge in [0.25, 0.3) is 22.7 Å². The molecule has 45 heteroatoms. The number of non-ortho nitro benzene ring substituents is 4. The molecule has 0 radical (unpaired) electrons. The Balaban J connectivity index is 0.000000307. The van der Waals surface area contributed by atoms with Crippen molar-refractivity contribution in [3.05, 3.63) is 265 Å². The molecule has 11 rings (SSSR count). The van der Waals surface area contributed by atoms with Crippen molar-refractivity contribution in [2.75, 3.05) is 93.3 Å². The number of nitrogens with zero attached hydrogens (tertiary/aromatic N) is 14. The Bertz CT molecular complexity index is 5170. The number of benzene rings is 6. The fourth-order valence-electron chi connectivity index (χ4n) is 9.23. The monoisotopic (exact) mass is 1810 g/mol. The summed E-state index contributed by atoms with van der Waals surface area (Å²) in [6.07, 6.45) is 17.6. The van der Waals surface area contributed by atoms with E-state index < -0.39 is 25.7 Å². The quantitative estimate of drug-likeness (QED) is 0.00292. The number of carbonyl (C=O) groups is 2. The molecule has 0 aliphatic heterocycles. The van der Waals surface area contributed by atoms with E-state index in [1.807, 2.05) is 49.5 Å². The zero-order valence-electron chi connectivity index (χ0n) is 66.5. The van der Waals surface area contributed by atoms with Crippen molar-refractivity contribution in [1.82, 2.24) is 49.8 Å². The Kier molecular flexibility index (Phi) is 46.2. The fraction of sp³-hybridized carbons (Fsp3) is 0.237. The van der Waals surface area contributed by atoms with E-state index in [4.69, 9.17) is 63.5 Å². The number of hydrogen-bond donors (Lipinski definition) is 8. The first-order valence-electron chi connectivity index (χ1n) is 34.7. The van der Waals surface area contributed by atoms with Crippen molar-refractivity contribution >= 4 is 158 Å². The number of methoxy groups -OCH3 is 4. The highest BCUT2D eigenvalue weighted by atomic mass is 35.5. The lowest BCUT2D eigenvalue weighted by molar-refractivity contribution is -0.385. The van der Waals surface area contributed by atoms with Crippen LogP contribution in [0.3, 0.4) is 0 Å². The van der Waals surface area contributed by atoms with Gasteiger partial charge in [0.2, 0.25) is 0 Å². The lowest BCUT2D eigenvalue weighted by atomic mass is 10.2. The van der Waals surface area contributed by atoms with Gasteiger partial charge in [0.1, 0.15) is 56.3 Å². The highest BCUT2D eigenvalue weighted by Gasteiger charge is 2.17. The average molecular weight is 1820 g/mol. The normalized spacial score (nSPS) is 10.0. The van der Waals surface area contributed by atoms with Gasteiger partial charge in [0, 0.05) is 177 Å². The Morgan fingerprint density at radius 1 is 0.463 bits per heavy atom. The number of aromatic nitrogens is 10. The van der Waals surface area contributed by atoms with Gasteiger partial charge in [-0.1, -0.05) is 131 Å². The van der Waals surface area contributed by atoms with Crippen LogP contribution in [0.15, 0.2) is 190 Å². The van der Waals surface area contributed by atoms with Gasteiger partial charge in [-0.05, 0) is 60.5 Å². The number of nitrogens with one attached hydrogen (secondary N) is 4. The SMILES string of the molecule is CCOC(=O)c1cnc(SC)nc1Cl.COc1cc(N)cc(OC)c1.COc1cc(NCc2cnc(SC)nc2NCc2cccc([N+](=O)[O-])c2)cc(OC)c1.CSc1ncc(C=O)c(NCc2cccc([N+](=O)[O-])c2)n1.CSc1ncc(CO)c(Cl)n1.CSc1ncc(CO)c(NCc2cccc([N+](=O)[O-])c2)n1.Cl.NCc1cccc([N+](=O)[O-])c1. The number of aliphatic hydroxyl groups excluding tert-OH is 2. The van der Waals surface area contributed by atoms with Crippen LogP contribution in [0, 0.1) is 40.5 Å². The molecular weight excluding hydrogens is 1730 g/mol. The second-order valence-electron chi connectivity index (χ2n) is 23.1. The number of nitrogen functional groups attached to an aromatic ring is 1. The Labute approximate surface area is 732 Å². The minimum absolute atomic E-state index is 0. The molecule has 6 aromatic carbocycles. The van der Waals surface area contributed by atoms with E-state index in [2.05, 4.69) is 71.1 Å². The van der Waals surface area contributed by atoms with E-state index in [-0.39, 0.29) is 59.1 Å². The Hall–Kier alpha value is -11.8. The first kappa shape index (κ1) is 102. The number of nitro benzene ring substituents is 4. The summed E-state index contributed by atoms with van der Waals surface area (Å²) in [6, 6.07) is 36.3. The molecule has 0 unspecified atom stereocenters. The molecule has 5 heterocycles. The number of carbonyl (C=O) groups excluding carboxylic acids is 2. The number of hydrogen-bond acceptors (Lipinski definition) is 38. The van der Waals surface area contributed by atoms with Crippen LogP contribution in [0.2, 0.25) is 10.3 Å². The molecule has 0 saturated carbocycles. The molecule has 0 amide bonds. The molecule has 5 aromatic heterocycles. The number of halogens is 3. The molecule has 0 atom stereocenters. The number of rotatable bonds is 31. The highest BCUT2D eigenvalue weighted by Crippen LogP contribution is 2.30. The summed E-state index contributed by atoms with van der Waals surface area (Å²) in [5.74, 6) is 3.89. The van der Waals surface area contributed by atoms with Crippen molar-refractivity contribution in [1.29, 1.82) is 0 Å². The van der Waals surface area contributed by atoms with Crippen LogP contribution in [-0.4, -0.2) is 158 Å². The second-order valence-corrected chi connectivity index (χ2v) is 27.7. The van der Waals surface area contributed by atoms with E-state index in [1.54, 1.807) is 121 Å². The standard InChI is InChI=1S/C21H23N5O4S.C13H14N4O3S.C13H12N4O3S.C8H9ClN2O2S.C8H11NO2.C7H8N2O2.C6H7ClN2OS.ClH/c1-29-18-8-16(9-19(10-18)30-2)22-12-15-13-24-21(31-3)25-20(15)23-11-14-5-4-6-17(7-14)26(27)28;2*1-21-13-15-7-10(8-18)12(16-13)14-6-9-3-2-4-11(5-9)17(19)20;1-3-13-7(12)5-4-10-8(14-2)11-6(5)9;1-10-7-3-6(9)4-8(5-7)11-2;8-5-6-2-1-3-7(4-6)9(10)11;1-11-6-8-2-4(3-10)5(7)9-6;/h4-10,13,22H,11-12H2,1-3H3,(H,23,24,25);2-5,7,18H,6,8H2,1H3,(H,14,15,16);2-5,7-8H,6H2,1H3,(H,14,15,16);4H,3H2,1-2H3;3-5H,9H2,1-2H3;1-4H,5,8H2;2,10H,3H2,1H3;1H. The largest absolute Gasteiger partial charge is 0.497 e. The van der Waals surface area contributed by atoms with Crippen LogP contribution in [0.5, 0.6) is 23.0 Å². The fourth-order valence-corrected chi connectivity index (χ4v) is 11.4. The molecule has 11 aromatic rings. The van der Waals surface area contributed by atoms with E-state index in [9.17, 15) is 55.2 Å². The number of esters is 1. The summed E-state index contributed by atoms with van der Waals surface area (Å²) in [7, 11) is 6.38. The lowest BCUT2D eigenvalue weighted by Crippen LogP contribution is -2.09.